The molecule has 3 N–H and O–H groups in total. The fraction of sp³-hybridized carbons (Fsp3) is 0.478. The van der Waals surface area contributed by atoms with Crippen LogP contribution in [-0.2, 0) is 11.3 Å². The van der Waals surface area contributed by atoms with E-state index < -0.39 is 6.10 Å². The molecule has 0 aliphatic heterocycles. The van der Waals surface area contributed by atoms with Gasteiger partial charge in [-0.15, -0.1) is 0 Å². The van der Waals surface area contributed by atoms with Gasteiger partial charge < -0.3 is 19.7 Å². The number of aromatic nitrogens is 4. The minimum Gasteiger partial charge on any atom is -0.427 e. The van der Waals surface area contributed by atoms with E-state index in [4.69, 9.17) is 9.72 Å². The van der Waals surface area contributed by atoms with Crippen molar-refractivity contribution in [3.63, 3.8) is 0 Å². The number of carbonyl (C=O) groups excluding carboxylic acids is 1. The summed E-state index contributed by atoms with van der Waals surface area (Å²) in [4.78, 5) is 20.6. The summed E-state index contributed by atoms with van der Waals surface area (Å²) in [6.07, 6.45) is -0.567. The molecule has 1 atom stereocenters. The zero-order valence-electron chi connectivity index (χ0n) is 19.5. The number of nitrogens with one attached hydrogen (secondary N) is 2. The van der Waals surface area contributed by atoms with Crippen LogP contribution in [-0.4, -0.2) is 43.5 Å². The van der Waals surface area contributed by atoms with Gasteiger partial charge >= 0.3 is 5.97 Å². The van der Waals surface area contributed by atoms with Crippen molar-refractivity contribution in [3.05, 3.63) is 41.1 Å². The lowest BCUT2D eigenvalue weighted by atomic mass is 10.1. The van der Waals surface area contributed by atoms with Gasteiger partial charge in [-0.05, 0) is 44.4 Å². The molecule has 2 aromatic heterocycles. The second-order valence-corrected chi connectivity index (χ2v) is 8.50. The zero-order chi connectivity index (χ0) is 23.4. The number of H-pyrrole nitrogens is 1. The Hall–Kier alpha value is -3.20. The van der Waals surface area contributed by atoms with Crippen LogP contribution in [0.5, 0.6) is 5.75 Å². The van der Waals surface area contributed by atoms with Crippen molar-refractivity contribution in [1.29, 1.82) is 0 Å². The van der Waals surface area contributed by atoms with Crippen LogP contribution in [0.4, 0.5) is 5.82 Å². The van der Waals surface area contributed by atoms with Crippen LogP contribution in [0.1, 0.15) is 64.8 Å². The quantitative estimate of drug-likeness (QED) is 0.365. The van der Waals surface area contributed by atoms with Crippen molar-refractivity contribution in [1.82, 2.24) is 19.7 Å². The van der Waals surface area contributed by atoms with Crippen molar-refractivity contribution in [3.8, 4) is 5.75 Å². The molecule has 172 valence electrons. The molecule has 9 nitrogen and oxygen atoms in total. The van der Waals surface area contributed by atoms with Crippen molar-refractivity contribution in [2.45, 2.75) is 66.2 Å². The van der Waals surface area contributed by atoms with Crippen LogP contribution in [0.15, 0.2) is 29.3 Å². The van der Waals surface area contributed by atoms with E-state index in [2.05, 4.69) is 52.8 Å². The lowest BCUT2D eigenvalue weighted by Gasteiger charge is -2.17. The molecule has 1 aromatic carbocycles. The molecule has 0 aliphatic rings. The number of carbonyl (C=O) groups is 1. The molecule has 9 heteroatoms. The lowest BCUT2D eigenvalue weighted by Crippen LogP contribution is -2.29. The Bertz CT molecular complexity index is 1160. The van der Waals surface area contributed by atoms with E-state index in [0.717, 1.165) is 22.3 Å². The normalized spacial score (nSPS) is 13.2. The second-order valence-electron chi connectivity index (χ2n) is 8.50. The number of benzene rings is 1. The van der Waals surface area contributed by atoms with Gasteiger partial charge in [-0.3, -0.25) is 9.89 Å². The number of aliphatic hydroxyl groups excluding tert-OH is 1. The number of rotatable bonds is 8. The summed E-state index contributed by atoms with van der Waals surface area (Å²) < 4.78 is 7.24. The van der Waals surface area contributed by atoms with Gasteiger partial charge in [0.05, 0.1) is 23.9 Å². The molecule has 32 heavy (non-hydrogen) atoms. The molecular formula is C23H32N6O3. The number of nitrogens with zero attached hydrogens (tertiary/aromatic N) is 4. The minimum absolute atomic E-state index is 0.0994. The summed E-state index contributed by atoms with van der Waals surface area (Å²) >= 11 is 0. The second kappa shape index (κ2) is 9.95. The van der Waals surface area contributed by atoms with Crippen LogP contribution in [0.3, 0.4) is 0 Å². The summed E-state index contributed by atoms with van der Waals surface area (Å²) in [5.41, 5.74) is 4.15. The predicted molar refractivity (Wildman–Crippen MR) is 124 cm³/mol. The van der Waals surface area contributed by atoms with Gasteiger partial charge in [-0.2, -0.15) is 10.1 Å². The Morgan fingerprint density at radius 2 is 2.03 bits per heavy atom. The average molecular weight is 441 g/mol. The van der Waals surface area contributed by atoms with Crippen molar-refractivity contribution in [2.75, 3.05) is 11.9 Å². The number of ether oxygens (including phenoxy) is 1. The Labute approximate surface area is 187 Å². The highest BCUT2D eigenvalue weighted by molar-refractivity contribution is 5.87. The van der Waals surface area contributed by atoms with Gasteiger partial charge in [-0.25, -0.2) is 4.99 Å². The number of aromatic amines is 1. The van der Waals surface area contributed by atoms with Crippen molar-refractivity contribution < 1.29 is 14.6 Å². The number of hydrogen-bond acceptors (Lipinski definition) is 7. The first-order valence-electron chi connectivity index (χ1n) is 10.9. The van der Waals surface area contributed by atoms with E-state index in [9.17, 15) is 9.90 Å². The largest absolute Gasteiger partial charge is 0.427 e. The predicted octanol–water partition coefficient (Wildman–Crippen LogP) is 3.28. The third kappa shape index (κ3) is 5.34. The molecule has 0 aliphatic carbocycles. The standard InChI is InChI=1S/C23H32N6O3/c1-13(2)19-21-20(28-27-19)22(26-23(25-11-15(5)30)29(21)14(3)4)24-12-17-8-7-9-18(10-17)32-16(6)31/h7-10,13-15,30H,11-12H2,1-6H3,(H,27,28)(H,24,25,26). The van der Waals surface area contributed by atoms with Crippen LogP contribution >= 0.6 is 0 Å². The molecule has 0 saturated heterocycles. The molecule has 0 fully saturated rings. The molecule has 3 aromatic rings. The number of aliphatic hydroxyl groups is 1. The van der Waals surface area contributed by atoms with Gasteiger partial charge in [0.1, 0.15) is 5.75 Å². The average Bonchev–Trinajstić information content (AvgIpc) is 3.15. The van der Waals surface area contributed by atoms with Crippen LogP contribution < -0.4 is 15.7 Å². The summed E-state index contributed by atoms with van der Waals surface area (Å²) in [5, 5.41) is 20.9. The number of anilines is 1. The lowest BCUT2D eigenvalue weighted by molar-refractivity contribution is -0.131. The maximum absolute atomic E-state index is 11.3. The highest BCUT2D eigenvalue weighted by atomic mass is 16.5. The van der Waals surface area contributed by atoms with E-state index in [0.29, 0.717) is 23.7 Å². The molecule has 0 bridgehead atoms. The third-order valence-corrected chi connectivity index (χ3v) is 4.87. The smallest absolute Gasteiger partial charge is 0.308 e. The fourth-order valence-corrected chi connectivity index (χ4v) is 3.48. The molecule has 0 saturated carbocycles. The van der Waals surface area contributed by atoms with E-state index in [-0.39, 0.29) is 24.5 Å². The van der Waals surface area contributed by atoms with Gasteiger partial charge in [0.15, 0.2) is 11.3 Å². The van der Waals surface area contributed by atoms with Gasteiger partial charge in [0.25, 0.3) is 0 Å². The Morgan fingerprint density at radius 3 is 2.66 bits per heavy atom. The monoisotopic (exact) mass is 440 g/mol. The molecule has 2 heterocycles. The Morgan fingerprint density at radius 1 is 1.28 bits per heavy atom. The first kappa shape index (κ1) is 23.5. The topological polar surface area (TPSA) is 117 Å². The third-order valence-electron chi connectivity index (χ3n) is 4.87. The van der Waals surface area contributed by atoms with E-state index >= 15 is 0 Å². The van der Waals surface area contributed by atoms with Crippen molar-refractivity contribution >= 4 is 22.8 Å². The molecule has 3 rings (SSSR count). The molecule has 0 spiro atoms. The summed E-state index contributed by atoms with van der Waals surface area (Å²) in [6, 6.07) is 7.43. The van der Waals surface area contributed by atoms with Crippen molar-refractivity contribution in [2.24, 2.45) is 4.99 Å². The minimum atomic E-state index is -0.567. The summed E-state index contributed by atoms with van der Waals surface area (Å²) in [7, 11) is 0. The molecule has 0 amide bonds. The first-order chi connectivity index (χ1) is 15.2. The Balaban J connectivity index is 2.08. The SMILES string of the molecule is CC(=O)Oc1cccc(CNc2nc(=NCC(C)O)n(C(C)C)c3c(C(C)C)[nH]nc23)c1. The van der Waals surface area contributed by atoms with Crippen LogP contribution in [0, 0.1) is 0 Å². The van der Waals surface area contributed by atoms with Gasteiger partial charge in [-0.1, -0.05) is 26.0 Å². The van der Waals surface area contributed by atoms with E-state index in [1.807, 2.05) is 18.2 Å². The number of fused-ring (bicyclic) bond motifs is 1. The number of esters is 1. The maximum Gasteiger partial charge on any atom is 0.308 e. The highest BCUT2D eigenvalue weighted by Crippen LogP contribution is 2.27. The molecule has 1 unspecified atom stereocenters. The highest BCUT2D eigenvalue weighted by Gasteiger charge is 2.20. The van der Waals surface area contributed by atoms with Crippen LogP contribution in [0.2, 0.25) is 0 Å². The van der Waals surface area contributed by atoms with E-state index in [1.54, 1.807) is 13.0 Å². The van der Waals surface area contributed by atoms with Gasteiger partial charge in [0, 0.05) is 19.5 Å². The first-order valence-corrected chi connectivity index (χ1v) is 10.9. The fourth-order valence-electron chi connectivity index (χ4n) is 3.48. The summed E-state index contributed by atoms with van der Waals surface area (Å²) in [6.45, 7) is 12.2. The van der Waals surface area contributed by atoms with Crippen LogP contribution in [0.25, 0.3) is 11.0 Å². The maximum atomic E-state index is 11.3. The Kier molecular flexibility index (Phi) is 7.29. The zero-order valence-corrected chi connectivity index (χ0v) is 19.5. The molecule has 0 radical (unpaired) electrons. The van der Waals surface area contributed by atoms with Gasteiger partial charge in [0.2, 0.25) is 5.62 Å². The molecular weight excluding hydrogens is 408 g/mol. The number of hydrogen-bond donors (Lipinski definition) is 3. The summed E-state index contributed by atoms with van der Waals surface area (Å²) in [5.74, 6) is 0.963. The van der Waals surface area contributed by atoms with E-state index in [1.165, 1.54) is 6.92 Å².